The summed E-state index contributed by atoms with van der Waals surface area (Å²) in [7, 11) is 0. The van der Waals surface area contributed by atoms with Crippen LogP contribution in [0.3, 0.4) is 0 Å². The number of carboxylic acids is 1. The second-order valence-electron chi connectivity index (χ2n) is 15.0. The molecule has 1 amide bonds. The first kappa shape index (κ1) is 32.1. The van der Waals surface area contributed by atoms with Crippen LogP contribution in [-0.2, 0) is 14.3 Å². The van der Waals surface area contributed by atoms with E-state index in [9.17, 15) is 14.4 Å². The van der Waals surface area contributed by atoms with E-state index >= 15 is 0 Å². The van der Waals surface area contributed by atoms with Gasteiger partial charge in [0, 0.05) is 25.8 Å². The molecule has 3 unspecified atom stereocenters. The second-order valence-corrected chi connectivity index (χ2v) is 15.0. The lowest BCUT2D eigenvalue weighted by molar-refractivity contribution is -0.138. The first-order chi connectivity index (χ1) is 19.4. The van der Waals surface area contributed by atoms with Gasteiger partial charge in [-0.1, -0.05) is 65.5 Å². The van der Waals surface area contributed by atoms with E-state index in [1.54, 1.807) is 0 Å². The number of rotatable bonds is 13. The van der Waals surface area contributed by atoms with Crippen molar-refractivity contribution in [2.45, 2.75) is 137 Å². The molecule has 0 radical (unpaired) electrons. The minimum Gasteiger partial charge on any atom is -0.481 e. The molecule has 4 aliphatic rings. The normalized spacial score (nSPS) is 35.1. The van der Waals surface area contributed by atoms with E-state index in [0.29, 0.717) is 18.4 Å². The molecule has 0 aromatic heterocycles. The van der Waals surface area contributed by atoms with Crippen molar-refractivity contribution in [3.05, 3.63) is 11.6 Å². The molecule has 232 valence electrons. The van der Waals surface area contributed by atoms with Crippen LogP contribution in [0.25, 0.3) is 0 Å². The van der Waals surface area contributed by atoms with Crippen LogP contribution in [0.4, 0.5) is 4.79 Å². The van der Waals surface area contributed by atoms with E-state index in [1.807, 2.05) is 0 Å². The largest absolute Gasteiger partial charge is 0.481 e. The fourth-order valence-electron chi connectivity index (χ4n) is 9.79. The average molecular weight is 572 g/mol. The summed E-state index contributed by atoms with van der Waals surface area (Å²) in [6.07, 6.45) is 16.5. The number of fused-ring (bicyclic) bond motifs is 5. The minimum absolute atomic E-state index is 0.0513. The van der Waals surface area contributed by atoms with Gasteiger partial charge in [-0.2, -0.15) is 0 Å². The van der Waals surface area contributed by atoms with Gasteiger partial charge in [0.05, 0.1) is 6.42 Å². The summed E-state index contributed by atoms with van der Waals surface area (Å²) in [5.41, 5.74) is 2.25. The summed E-state index contributed by atoms with van der Waals surface area (Å²) in [6.45, 7) is 12.8. The van der Waals surface area contributed by atoms with Gasteiger partial charge in [-0.3, -0.25) is 9.59 Å². The number of carbonyl (C=O) groups excluding carboxylic acids is 2. The fourth-order valence-corrected chi connectivity index (χ4v) is 9.79. The van der Waals surface area contributed by atoms with E-state index in [0.717, 1.165) is 54.8 Å². The Morgan fingerprint density at radius 2 is 1.76 bits per heavy atom. The molecule has 0 aromatic carbocycles. The smallest absolute Gasteiger partial charge is 0.407 e. The molecular weight excluding hydrogens is 514 g/mol. The zero-order valence-corrected chi connectivity index (χ0v) is 26.5. The van der Waals surface area contributed by atoms with Gasteiger partial charge >= 0.3 is 12.1 Å². The number of allylic oxidation sites excluding steroid dienone is 1. The van der Waals surface area contributed by atoms with Crippen molar-refractivity contribution < 1.29 is 24.2 Å². The first-order valence-electron chi connectivity index (χ1n) is 16.8. The lowest BCUT2D eigenvalue weighted by atomic mass is 9.47. The Balaban J connectivity index is 1.27. The van der Waals surface area contributed by atoms with Crippen LogP contribution >= 0.6 is 0 Å². The SMILES string of the molecule is CC(C)CCC[C@@H](C)[C@H]1CCC2C3CC=C4C[C@@H](OC(=O)NCCCC(=O)CCC(=O)O)CC[C@]4(C)C3CC[C@@]21C. The van der Waals surface area contributed by atoms with Gasteiger partial charge in [0.25, 0.3) is 0 Å². The van der Waals surface area contributed by atoms with Gasteiger partial charge in [0.1, 0.15) is 11.9 Å². The molecule has 3 fully saturated rings. The summed E-state index contributed by atoms with van der Waals surface area (Å²) in [4.78, 5) is 34.8. The van der Waals surface area contributed by atoms with Crippen LogP contribution < -0.4 is 5.32 Å². The van der Waals surface area contributed by atoms with Crippen LogP contribution in [0.15, 0.2) is 11.6 Å². The maximum atomic E-state index is 12.5. The fraction of sp³-hybridized carbons (Fsp3) is 0.857. The van der Waals surface area contributed by atoms with Crippen molar-refractivity contribution >= 4 is 17.8 Å². The van der Waals surface area contributed by atoms with E-state index in [2.05, 4.69) is 46.0 Å². The van der Waals surface area contributed by atoms with Gasteiger partial charge in [-0.15, -0.1) is 0 Å². The molecule has 6 nitrogen and oxygen atoms in total. The van der Waals surface area contributed by atoms with Gasteiger partial charge in [-0.25, -0.2) is 4.79 Å². The average Bonchev–Trinajstić information content (AvgIpc) is 3.27. The van der Waals surface area contributed by atoms with Crippen molar-refractivity contribution in [3.63, 3.8) is 0 Å². The third kappa shape index (κ3) is 7.39. The second kappa shape index (κ2) is 13.6. The Hall–Kier alpha value is -1.85. The van der Waals surface area contributed by atoms with E-state index in [1.165, 1.54) is 56.9 Å². The van der Waals surface area contributed by atoms with Gasteiger partial charge < -0.3 is 15.2 Å². The number of aliphatic carboxylic acids is 1. The molecule has 0 spiro atoms. The molecule has 41 heavy (non-hydrogen) atoms. The number of alkyl carbamates (subject to hydrolysis) is 1. The molecule has 3 saturated carbocycles. The Labute approximate surface area is 248 Å². The Bertz CT molecular complexity index is 974. The van der Waals surface area contributed by atoms with Crippen molar-refractivity contribution in [2.75, 3.05) is 6.54 Å². The van der Waals surface area contributed by atoms with E-state index in [-0.39, 0.29) is 36.6 Å². The molecule has 4 aliphatic carbocycles. The Morgan fingerprint density at radius 3 is 2.49 bits per heavy atom. The van der Waals surface area contributed by atoms with Gasteiger partial charge in [0.15, 0.2) is 0 Å². The monoisotopic (exact) mass is 571 g/mol. The number of carboxylic acid groups (broad SMARTS) is 1. The van der Waals surface area contributed by atoms with Crippen molar-refractivity contribution in [3.8, 4) is 0 Å². The van der Waals surface area contributed by atoms with Crippen molar-refractivity contribution in [2.24, 2.45) is 46.3 Å². The van der Waals surface area contributed by atoms with Gasteiger partial charge in [-0.05, 0) is 97.7 Å². The number of hydrogen-bond acceptors (Lipinski definition) is 4. The highest BCUT2D eigenvalue weighted by atomic mass is 16.6. The molecule has 0 aliphatic heterocycles. The number of Topliss-reactive ketones (excluding diaryl/α,β-unsaturated/α-hetero) is 1. The first-order valence-corrected chi connectivity index (χ1v) is 16.8. The number of hydrogen-bond donors (Lipinski definition) is 2. The van der Waals surface area contributed by atoms with Crippen LogP contribution in [0.2, 0.25) is 0 Å². The third-order valence-corrected chi connectivity index (χ3v) is 12.1. The molecular formula is C35H57NO5. The summed E-state index contributed by atoms with van der Waals surface area (Å²) in [5, 5.41) is 11.5. The number of nitrogens with one attached hydrogen (secondary N) is 1. The highest BCUT2D eigenvalue weighted by molar-refractivity contribution is 5.82. The zero-order chi connectivity index (χ0) is 29.8. The Kier molecular flexibility index (Phi) is 10.7. The quantitative estimate of drug-likeness (QED) is 0.171. The van der Waals surface area contributed by atoms with Crippen molar-refractivity contribution in [1.82, 2.24) is 5.32 Å². The summed E-state index contributed by atoms with van der Waals surface area (Å²) in [6, 6.07) is 0. The van der Waals surface area contributed by atoms with Crippen LogP contribution in [0.5, 0.6) is 0 Å². The maximum Gasteiger partial charge on any atom is 0.407 e. The molecule has 0 heterocycles. The van der Waals surface area contributed by atoms with Crippen LogP contribution in [0.1, 0.15) is 131 Å². The molecule has 0 aromatic rings. The molecule has 2 N–H and O–H groups in total. The Morgan fingerprint density at radius 1 is 0.976 bits per heavy atom. The lowest BCUT2D eigenvalue weighted by Gasteiger charge is -2.58. The topological polar surface area (TPSA) is 92.7 Å². The number of amides is 1. The highest BCUT2D eigenvalue weighted by Gasteiger charge is 2.59. The number of ether oxygens (including phenoxy) is 1. The molecule has 0 bridgehead atoms. The summed E-state index contributed by atoms with van der Waals surface area (Å²) < 4.78 is 5.83. The standard InChI is InChI=1S/C35H57NO5/c1-23(2)8-6-9-24(3)29-14-15-30-28-13-11-25-22-27(17-19-34(25,4)31(28)18-20-35(29,30)5)41-33(40)36-21-7-10-26(37)12-16-32(38)39/h11,23-24,27-31H,6-10,12-22H2,1-5H3,(H,36,40)(H,38,39)/t24-,27+,28?,29-,30?,31?,34+,35-/m1/s1. The molecule has 8 atom stereocenters. The van der Waals surface area contributed by atoms with E-state index < -0.39 is 12.1 Å². The lowest BCUT2D eigenvalue weighted by Crippen LogP contribution is -2.51. The predicted molar refractivity (Wildman–Crippen MR) is 162 cm³/mol. The number of carbonyl (C=O) groups is 3. The predicted octanol–water partition coefficient (Wildman–Crippen LogP) is 8.34. The molecule has 4 rings (SSSR count). The van der Waals surface area contributed by atoms with Crippen LogP contribution in [0, 0.1) is 46.3 Å². The third-order valence-electron chi connectivity index (χ3n) is 12.1. The van der Waals surface area contributed by atoms with Crippen molar-refractivity contribution in [1.29, 1.82) is 0 Å². The minimum atomic E-state index is -0.959. The maximum absolute atomic E-state index is 12.5. The number of ketones is 1. The van der Waals surface area contributed by atoms with E-state index in [4.69, 9.17) is 9.84 Å². The van der Waals surface area contributed by atoms with Crippen LogP contribution in [-0.4, -0.2) is 35.6 Å². The molecule has 0 saturated heterocycles. The van der Waals surface area contributed by atoms with Gasteiger partial charge in [0.2, 0.25) is 0 Å². The zero-order valence-electron chi connectivity index (χ0n) is 26.5. The summed E-state index contributed by atoms with van der Waals surface area (Å²) >= 11 is 0. The molecule has 6 heteroatoms. The highest BCUT2D eigenvalue weighted by Crippen LogP contribution is 2.67. The summed E-state index contributed by atoms with van der Waals surface area (Å²) in [5.74, 6) is 3.89.